The van der Waals surface area contributed by atoms with Crippen molar-refractivity contribution in [3.05, 3.63) is 42.9 Å². The first-order valence-electron chi connectivity index (χ1n) is 4.74. The lowest BCUT2D eigenvalue weighted by molar-refractivity contribution is -0.140. The molecular weight excluding hydrogens is 283 g/mol. The Kier molecular flexibility index (Phi) is 4.36. The highest BCUT2D eigenvalue weighted by molar-refractivity contribution is 5.88. The molecule has 0 aliphatic heterocycles. The van der Waals surface area contributed by atoms with Crippen molar-refractivity contribution in [1.29, 1.82) is 0 Å². The van der Waals surface area contributed by atoms with Gasteiger partial charge in [0.2, 0.25) is 0 Å². The summed E-state index contributed by atoms with van der Waals surface area (Å²) in [7, 11) is 0. The van der Waals surface area contributed by atoms with Gasteiger partial charge >= 0.3 is 6.18 Å². The van der Waals surface area contributed by atoms with Crippen molar-refractivity contribution in [1.82, 2.24) is 4.57 Å². The molecule has 0 bridgehead atoms. The van der Waals surface area contributed by atoms with Crippen LogP contribution < -0.4 is 5.56 Å². The van der Waals surface area contributed by atoms with Gasteiger partial charge in [-0.05, 0) is 16.2 Å². The van der Waals surface area contributed by atoms with Crippen molar-refractivity contribution < 1.29 is 18.0 Å². The van der Waals surface area contributed by atoms with Crippen LogP contribution in [0.15, 0.2) is 21.1 Å². The molecule has 0 radical (unpaired) electrons. The molecule has 12 heteroatoms. The zero-order valence-electron chi connectivity index (χ0n) is 9.44. The highest BCUT2D eigenvalue weighted by Gasteiger charge is 2.30. The van der Waals surface area contributed by atoms with Crippen molar-refractivity contribution in [2.45, 2.75) is 12.7 Å². The Morgan fingerprint density at radius 1 is 1.30 bits per heavy atom. The predicted molar refractivity (Wildman–Crippen MR) is 59.8 cm³/mol. The summed E-state index contributed by atoms with van der Waals surface area (Å²) in [5.41, 5.74) is 14.2. The largest absolute Gasteiger partial charge is 0.406 e. The zero-order chi connectivity index (χ0) is 15.3. The van der Waals surface area contributed by atoms with Crippen LogP contribution in [0.2, 0.25) is 0 Å². The lowest BCUT2D eigenvalue weighted by Gasteiger charge is -2.14. The van der Waals surface area contributed by atoms with Gasteiger partial charge in [-0.15, -0.1) is 0 Å². The van der Waals surface area contributed by atoms with Crippen molar-refractivity contribution >= 4 is 17.8 Å². The number of azide groups is 2. The first-order valence-corrected chi connectivity index (χ1v) is 4.74. The molecule has 0 atom stereocenters. The lowest BCUT2D eigenvalue weighted by atomic mass is 10.2. The van der Waals surface area contributed by atoms with Crippen LogP contribution in [0.4, 0.5) is 24.7 Å². The van der Waals surface area contributed by atoms with Gasteiger partial charge in [-0.2, -0.15) is 13.2 Å². The zero-order valence-corrected chi connectivity index (χ0v) is 9.44. The predicted octanol–water partition coefficient (Wildman–Crippen LogP) is 3.11. The van der Waals surface area contributed by atoms with Crippen molar-refractivity contribution in [2.24, 2.45) is 10.2 Å². The van der Waals surface area contributed by atoms with E-state index in [1.54, 1.807) is 0 Å². The van der Waals surface area contributed by atoms with Gasteiger partial charge in [0.15, 0.2) is 6.29 Å². The molecule has 104 valence electrons. The summed E-state index contributed by atoms with van der Waals surface area (Å²) in [5.74, 6) is -0.866. The maximum atomic E-state index is 12.4. The fraction of sp³-hybridized carbons (Fsp3) is 0.250. The Morgan fingerprint density at radius 3 is 2.35 bits per heavy atom. The Morgan fingerprint density at radius 2 is 1.90 bits per heavy atom. The average molecular weight is 287 g/mol. The van der Waals surface area contributed by atoms with E-state index in [4.69, 9.17) is 11.1 Å². The fourth-order valence-corrected chi connectivity index (χ4v) is 1.36. The highest BCUT2D eigenvalue weighted by atomic mass is 19.4. The number of alkyl halides is 3. The molecule has 1 aromatic rings. The monoisotopic (exact) mass is 287 g/mol. The van der Waals surface area contributed by atoms with Crippen LogP contribution in [0.3, 0.4) is 0 Å². The van der Waals surface area contributed by atoms with Gasteiger partial charge in [-0.25, -0.2) is 0 Å². The second kappa shape index (κ2) is 5.78. The molecule has 1 aromatic heterocycles. The molecule has 0 aromatic carbocycles. The van der Waals surface area contributed by atoms with E-state index in [0.29, 0.717) is 6.07 Å². The fourth-order valence-electron chi connectivity index (χ4n) is 1.36. The second-order valence-corrected chi connectivity index (χ2v) is 3.30. The van der Waals surface area contributed by atoms with E-state index in [1.807, 2.05) is 0 Å². The normalized spacial score (nSPS) is 10.3. The summed E-state index contributed by atoms with van der Waals surface area (Å²) in [6.45, 7) is -1.75. The topological polar surface area (TPSA) is 137 Å². The van der Waals surface area contributed by atoms with Crippen LogP contribution >= 0.6 is 0 Å². The van der Waals surface area contributed by atoms with Crippen molar-refractivity contribution in [2.75, 3.05) is 0 Å². The van der Waals surface area contributed by atoms with E-state index in [1.165, 1.54) is 0 Å². The van der Waals surface area contributed by atoms with Crippen LogP contribution in [0, 0.1) is 0 Å². The van der Waals surface area contributed by atoms with E-state index in [9.17, 15) is 22.8 Å². The molecule has 0 saturated carbocycles. The maximum absolute atomic E-state index is 12.4. The Bertz CT molecular complexity index is 695. The van der Waals surface area contributed by atoms with Crippen molar-refractivity contribution in [3.63, 3.8) is 0 Å². The maximum Gasteiger partial charge on any atom is 0.406 e. The van der Waals surface area contributed by atoms with E-state index >= 15 is 0 Å². The Hall–Kier alpha value is -2.97. The SMILES string of the molecule is [N-]=[N+]=Nc1cc(=O)n(CC(F)(F)F)c(N=[N+]=[N-])c1C=O. The number of carbonyl (C=O) groups excluding carboxylic acids is 1. The minimum Gasteiger partial charge on any atom is -0.298 e. The van der Waals surface area contributed by atoms with Gasteiger partial charge < -0.3 is 0 Å². The smallest absolute Gasteiger partial charge is 0.298 e. The Labute approximate surface area is 107 Å². The van der Waals surface area contributed by atoms with Crippen LogP contribution in [0.5, 0.6) is 0 Å². The van der Waals surface area contributed by atoms with Crippen molar-refractivity contribution in [3.8, 4) is 0 Å². The molecule has 1 rings (SSSR count). The summed E-state index contributed by atoms with van der Waals surface area (Å²) in [6.07, 6.45) is -4.75. The average Bonchev–Trinajstić information content (AvgIpc) is 2.33. The molecule has 0 N–H and O–H groups in total. The third-order valence-corrected chi connectivity index (χ3v) is 2.05. The van der Waals surface area contributed by atoms with E-state index < -0.39 is 35.3 Å². The van der Waals surface area contributed by atoms with E-state index in [2.05, 4.69) is 20.1 Å². The number of aromatic nitrogens is 1. The summed E-state index contributed by atoms with van der Waals surface area (Å²) < 4.78 is 37.2. The van der Waals surface area contributed by atoms with Gasteiger partial charge in [0.1, 0.15) is 12.4 Å². The Balaban J connectivity index is 3.76. The number of rotatable bonds is 4. The molecular formula is C8H4F3N7O2. The van der Waals surface area contributed by atoms with Crippen LogP contribution in [-0.2, 0) is 6.54 Å². The van der Waals surface area contributed by atoms with Crippen LogP contribution in [-0.4, -0.2) is 17.0 Å². The molecule has 0 aliphatic carbocycles. The quantitative estimate of drug-likeness (QED) is 0.363. The number of aldehydes is 1. The number of halogens is 3. The molecule has 0 spiro atoms. The summed E-state index contributed by atoms with van der Waals surface area (Å²) in [5, 5.41) is 5.88. The number of hydrogen-bond donors (Lipinski definition) is 0. The minimum atomic E-state index is -4.77. The molecule has 0 aliphatic rings. The van der Waals surface area contributed by atoms with Gasteiger partial charge in [-0.1, -0.05) is 5.11 Å². The van der Waals surface area contributed by atoms with Gasteiger partial charge in [0, 0.05) is 15.9 Å². The molecule has 0 amide bonds. The number of hydrogen-bond acceptors (Lipinski definition) is 4. The third-order valence-electron chi connectivity index (χ3n) is 2.05. The molecule has 9 nitrogen and oxygen atoms in total. The molecule has 20 heavy (non-hydrogen) atoms. The highest BCUT2D eigenvalue weighted by Crippen LogP contribution is 2.28. The lowest BCUT2D eigenvalue weighted by Crippen LogP contribution is -2.28. The first kappa shape index (κ1) is 15.1. The van der Waals surface area contributed by atoms with Gasteiger partial charge in [-0.3, -0.25) is 14.2 Å². The standard InChI is InChI=1S/C8H4F3N7O2/c9-8(10,11)3-18-6(20)1-5(14-16-12)4(2-19)7(18)15-17-13/h1-2H,3H2. The number of pyridine rings is 1. The second-order valence-electron chi connectivity index (χ2n) is 3.30. The summed E-state index contributed by atoms with van der Waals surface area (Å²) in [6, 6.07) is 0.547. The van der Waals surface area contributed by atoms with Crippen LogP contribution in [0.25, 0.3) is 20.9 Å². The molecule has 0 fully saturated rings. The van der Waals surface area contributed by atoms with E-state index in [-0.39, 0.29) is 10.9 Å². The van der Waals surface area contributed by atoms with Gasteiger partial charge in [0.25, 0.3) is 5.56 Å². The number of carbonyl (C=O) groups is 1. The molecule has 1 heterocycles. The summed E-state index contributed by atoms with van der Waals surface area (Å²) >= 11 is 0. The first-order chi connectivity index (χ1) is 9.34. The van der Waals surface area contributed by atoms with Gasteiger partial charge in [0.05, 0.1) is 11.3 Å². The summed E-state index contributed by atoms with van der Waals surface area (Å²) in [4.78, 5) is 27.0. The van der Waals surface area contributed by atoms with Crippen LogP contribution in [0.1, 0.15) is 10.4 Å². The minimum absolute atomic E-state index is 0.0281. The third kappa shape index (κ3) is 3.28. The molecule has 0 saturated heterocycles. The van der Waals surface area contributed by atoms with E-state index in [0.717, 1.165) is 0 Å². The number of nitrogens with zero attached hydrogens (tertiary/aromatic N) is 7. The molecule has 0 unspecified atom stereocenters.